The number of anilines is 1. The Morgan fingerprint density at radius 2 is 1.74 bits per heavy atom. The maximum absolute atomic E-state index is 12.4. The van der Waals surface area contributed by atoms with Gasteiger partial charge in [-0.1, -0.05) is 55.8 Å². The largest absolute Gasteiger partial charge is 0.480 e. The van der Waals surface area contributed by atoms with E-state index < -0.39 is 29.8 Å². The predicted molar refractivity (Wildman–Crippen MR) is 140 cm³/mol. The molecule has 0 saturated carbocycles. The Balaban J connectivity index is 1.72. The number of nitrogens with zero attached hydrogens (tertiary/aromatic N) is 3. The zero-order chi connectivity index (χ0) is 27.7. The third-order valence-electron chi connectivity index (χ3n) is 5.84. The van der Waals surface area contributed by atoms with E-state index in [0.29, 0.717) is 24.4 Å². The monoisotopic (exact) mass is 521 g/mol. The van der Waals surface area contributed by atoms with E-state index in [2.05, 4.69) is 27.6 Å². The van der Waals surface area contributed by atoms with Gasteiger partial charge in [0.1, 0.15) is 11.9 Å². The van der Waals surface area contributed by atoms with Crippen LogP contribution in [0, 0.1) is 0 Å². The highest BCUT2D eigenvalue weighted by Gasteiger charge is 2.20. The SMILES string of the molecule is CCCCc1nc(NC(=O)CCC(NC(C)=O)C(=O)O)nn1Cc1ccc(-c2ccccc2C(=O)O)cc1. The molecule has 200 valence electrons. The Morgan fingerprint density at radius 3 is 2.37 bits per heavy atom. The van der Waals surface area contributed by atoms with Crippen molar-refractivity contribution in [2.45, 2.75) is 58.5 Å². The van der Waals surface area contributed by atoms with E-state index >= 15 is 0 Å². The summed E-state index contributed by atoms with van der Waals surface area (Å²) in [5.74, 6) is -2.32. The van der Waals surface area contributed by atoms with Gasteiger partial charge in [0, 0.05) is 19.8 Å². The van der Waals surface area contributed by atoms with E-state index in [9.17, 15) is 29.4 Å². The number of aryl methyl sites for hydroxylation is 1. The van der Waals surface area contributed by atoms with Gasteiger partial charge in [-0.3, -0.25) is 14.9 Å². The molecule has 11 nitrogen and oxygen atoms in total. The van der Waals surface area contributed by atoms with Crippen LogP contribution in [0.2, 0.25) is 0 Å². The van der Waals surface area contributed by atoms with Crippen molar-refractivity contribution in [2.24, 2.45) is 0 Å². The fourth-order valence-electron chi connectivity index (χ4n) is 3.92. The Morgan fingerprint density at radius 1 is 1.03 bits per heavy atom. The molecule has 11 heteroatoms. The van der Waals surface area contributed by atoms with Gasteiger partial charge < -0.3 is 15.5 Å². The fourth-order valence-corrected chi connectivity index (χ4v) is 3.92. The second kappa shape index (κ2) is 13.1. The van der Waals surface area contributed by atoms with Gasteiger partial charge in [0.05, 0.1) is 12.1 Å². The molecule has 38 heavy (non-hydrogen) atoms. The van der Waals surface area contributed by atoms with E-state index in [-0.39, 0.29) is 24.4 Å². The van der Waals surface area contributed by atoms with Crippen LogP contribution in [0.5, 0.6) is 0 Å². The van der Waals surface area contributed by atoms with E-state index in [1.165, 1.54) is 6.92 Å². The summed E-state index contributed by atoms with van der Waals surface area (Å²) in [7, 11) is 0. The average Bonchev–Trinajstić information content (AvgIpc) is 3.25. The van der Waals surface area contributed by atoms with Crippen molar-refractivity contribution in [3.63, 3.8) is 0 Å². The van der Waals surface area contributed by atoms with Gasteiger partial charge in [-0.05, 0) is 35.6 Å². The number of unbranched alkanes of at least 4 members (excludes halogenated alkanes) is 1. The van der Waals surface area contributed by atoms with E-state index in [4.69, 9.17) is 0 Å². The molecule has 0 fully saturated rings. The summed E-state index contributed by atoms with van der Waals surface area (Å²) in [5, 5.41) is 28.0. The summed E-state index contributed by atoms with van der Waals surface area (Å²) in [6, 6.07) is 13.2. The van der Waals surface area contributed by atoms with E-state index in [1.807, 2.05) is 24.3 Å². The highest BCUT2D eigenvalue weighted by atomic mass is 16.4. The summed E-state index contributed by atoms with van der Waals surface area (Å²) in [4.78, 5) is 50.9. The van der Waals surface area contributed by atoms with Crippen molar-refractivity contribution in [2.75, 3.05) is 5.32 Å². The molecule has 2 aromatic carbocycles. The van der Waals surface area contributed by atoms with E-state index in [0.717, 1.165) is 24.0 Å². The first-order chi connectivity index (χ1) is 18.2. The molecule has 1 atom stereocenters. The molecule has 0 saturated heterocycles. The van der Waals surface area contributed by atoms with Crippen molar-refractivity contribution in [3.05, 3.63) is 65.5 Å². The quantitative estimate of drug-likeness (QED) is 0.266. The molecular formula is C27H31N5O6. The van der Waals surface area contributed by atoms with Crippen LogP contribution in [0.15, 0.2) is 48.5 Å². The van der Waals surface area contributed by atoms with Crippen molar-refractivity contribution < 1.29 is 29.4 Å². The summed E-state index contributed by atoms with van der Waals surface area (Å²) in [6.07, 6.45) is 2.30. The van der Waals surface area contributed by atoms with E-state index in [1.54, 1.807) is 28.9 Å². The lowest BCUT2D eigenvalue weighted by Crippen LogP contribution is -2.40. The van der Waals surface area contributed by atoms with Gasteiger partial charge in [0.2, 0.25) is 17.8 Å². The molecule has 0 bridgehead atoms. The summed E-state index contributed by atoms with van der Waals surface area (Å²) >= 11 is 0. The van der Waals surface area contributed by atoms with Gasteiger partial charge in [-0.25, -0.2) is 14.3 Å². The summed E-state index contributed by atoms with van der Waals surface area (Å²) in [5.41, 5.74) is 2.56. The second-order valence-electron chi connectivity index (χ2n) is 8.84. The number of benzene rings is 2. The fraction of sp³-hybridized carbons (Fsp3) is 0.333. The molecule has 1 heterocycles. The van der Waals surface area contributed by atoms with Crippen LogP contribution in [0.25, 0.3) is 11.1 Å². The summed E-state index contributed by atoms with van der Waals surface area (Å²) in [6.45, 7) is 3.67. The standard InChI is InChI=1S/C27H31N5O6/c1-3-4-9-23-29-27(30-24(34)15-14-22(26(37)38)28-17(2)33)31-32(23)16-18-10-12-19(13-11-18)20-7-5-6-8-21(20)25(35)36/h5-8,10-13,22H,3-4,9,14-16H2,1-2H3,(H,28,33)(H,35,36)(H,37,38)(H,30,31,34). The number of rotatable bonds is 13. The number of carbonyl (C=O) groups is 4. The van der Waals surface area contributed by atoms with Crippen molar-refractivity contribution in [1.82, 2.24) is 20.1 Å². The van der Waals surface area contributed by atoms with Crippen LogP contribution in [-0.2, 0) is 27.3 Å². The number of aliphatic carboxylic acids is 1. The van der Waals surface area contributed by atoms with Crippen molar-refractivity contribution >= 4 is 29.7 Å². The first kappa shape index (κ1) is 28.0. The molecule has 4 N–H and O–H groups in total. The summed E-state index contributed by atoms with van der Waals surface area (Å²) < 4.78 is 1.71. The zero-order valence-electron chi connectivity index (χ0n) is 21.3. The van der Waals surface area contributed by atoms with Crippen LogP contribution < -0.4 is 10.6 Å². The number of carboxylic acid groups (broad SMARTS) is 2. The maximum atomic E-state index is 12.4. The van der Waals surface area contributed by atoms with Crippen LogP contribution >= 0.6 is 0 Å². The van der Waals surface area contributed by atoms with Crippen LogP contribution in [0.1, 0.15) is 61.3 Å². The minimum Gasteiger partial charge on any atom is -0.480 e. The Bertz CT molecular complexity index is 1300. The number of nitrogens with one attached hydrogen (secondary N) is 2. The molecule has 0 radical (unpaired) electrons. The minimum absolute atomic E-state index is 0.0680. The number of carboxylic acids is 2. The van der Waals surface area contributed by atoms with Crippen LogP contribution in [0.4, 0.5) is 5.95 Å². The highest BCUT2D eigenvalue weighted by molar-refractivity contribution is 5.96. The lowest BCUT2D eigenvalue weighted by molar-refractivity contribution is -0.141. The van der Waals surface area contributed by atoms with Crippen molar-refractivity contribution in [1.29, 1.82) is 0 Å². The molecule has 0 aliphatic heterocycles. The van der Waals surface area contributed by atoms with Crippen LogP contribution in [-0.4, -0.2) is 54.8 Å². The molecule has 1 aromatic heterocycles. The Hall–Kier alpha value is -4.54. The van der Waals surface area contributed by atoms with Gasteiger partial charge in [0.25, 0.3) is 0 Å². The highest BCUT2D eigenvalue weighted by Crippen LogP contribution is 2.24. The topological polar surface area (TPSA) is 164 Å². The Labute approximate surface area is 219 Å². The Kier molecular flexibility index (Phi) is 9.69. The maximum Gasteiger partial charge on any atom is 0.336 e. The molecule has 1 unspecified atom stereocenters. The number of carbonyl (C=O) groups excluding carboxylic acids is 2. The molecule has 3 aromatic rings. The number of hydrogen-bond acceptors (Lipinski definition) is 6. The zero-order valence-corrected chi connectivity index (χ0v) is 21.3. The third-order valence-corrected chi connectivity index (χ3v) is 5.84. The molecule has 2 amide bonds. The molecule has 3 rings (SSSR count). The lowest BCUT2D eigenvalue weighted by atomic mass is 9.99. The molecule has 0 aliphatic rings. The number of amides is 2. The van der Waals surface area contributed by atoms with Gasteiger partial charge in [-0.2, -0.15) is 4.98 Å². The average molecular weight is 522 g/mol. The first-order valence-corrected chi connectivity index (χ1v) is 12.3. The first-order valence-electron chi connectivity index (χ1n) is 12.3. The smallest absolute Gasteiger partial charge is 0.336 e. The third kappa shape index (κ3) is 7.73. The van der Waals surface area contributed by atoms with Gasteiger partial charge in [-0.15, -0.1) is 5.10 Å². The molecule has 0 aliphatic carbocycles. The predicted octanol–water partition coefficient (Wildman–Crippen LogP) is 3.34. The molecular weight excluding hydrogens is 490 g/mol. The number of aromatic nitrogens is 3. The number of aromatic carboxylic acids is 1. The molecule has 0 spiro atoms. The number of hydrogen-bond donors (Lipinski definition) is 4. The normalized spacial score (nSPS) is 11.5. The lowest BCUT2D eigenvalue weighted by Gasteiger charge is -2.12. The van der Waals surface area contributed by atoms with Crippen molar-refractivity contribution in [3.8, 4) is 11.1 Å². The minimum atomic E-state index is -1.21. The van der Waals surface area contributed by atoms with Gasteiger partial charge in [0.15, 0.2) is 0 Å². The van der Waals surface area contributed by atoms with Gasteiger partial charge >= 0.3 is 11.9 Å². The van der Waals surface area contributed by atoms with Crippen LogP contribution in [0.3, 0.4) is 0 Å². The second-order valence-corrected chi connectivity index (χ2v) is 8.84.